The van der Waals surface area contributed by atoms with Crippen LogP contribution in [0.3, 0.4) is 0 Å². The van der Waals surface area contributed by atoms with Gasteiger partial charge in [-0.2, -0.15) is 4.98 Å². The van der Waals surface area contributed by atoms with Gasteiger partial charge in [-0.25, -0.2) is 0 Å². The minimum atomic E-state index is 0.383. The first kappa shape index (κ1) is 5.40. The predicted molar refractivity (Wildman–Crippen MR) is 30.8 cm³/mol. The van der Waals surface area contributed by atoms with Crippen LogP contribution in [0.15, 0.2) is 6.33 Å². The third kappa shape index (κ3) is 0.754. The van der Waals surface area contributed by atoms with Crippen LogP contribution in [0, 0.1) is 0 Å². The summed E-state index contributed by atoms with van der Waals surface area (Å²) in [5, 5.41) is 7.19. The van der Waals surface area contributed by atoms with Crippen molar-refractivity contribution in [2.24, 2.45) is 0 Å². The first-order valence-electron chi connectivity index (χ1n) is 2.90. The summed E-state index contributed by atoms with van der Waals surface area (Å²) in [7, 11) is 0. The fourth-order valence-corrected chi connectivity index (χ4v) is 0.721. The van der Waals surface area contributed by atoms with Gasteiger partial charge < -0.3 is 9.47 Å². The monoisotopic (exact) mass is 139 g/mol. The molecule has 0 bridgehead atoms. The second-order valence-electron chi connectivity index (χ2n) is 1.77. The van der Waals surface area contributed by atoms with Crippen LogP contribution in [0.1, 0.15) is 0 Å². The first-order chi connectivity index (χ1) is 4.97. The van der Waals surface area contributed by atoms with Crippen LogP contribution < -0.4 is 9.47 Å². The Morgan fingerprint density at radius 3 is 2.80 bits per heavy atom. The quantitative estimate of drug-likeness (QED) is 0.491. The van der Waals surface area contributed by atoms with E-state index in [0.29, 0.717) is 25.0 Å². The van der Waals surface area contributed by atoms with Crippen LogP contribution in [0.25, 0.3) is 0 Å². The number of fused-ring (bicyclic) bond motifs is 1. The van der Waals surface area contributed by atoms with E-state index in [0.717, 1.165) is 0 Å². The van der Waals surface area contributed by atoms with Crippen molar-refractivity contribution >= 4 is 0 Å². The SMILES string of the molecule is c1nnc2c(n1)OCCO2. The lowest BCUT2D eigenvalue weighted by atomic mass is 10.6. The molecule has 0 radical (unpaired) electrons. The summed E-state index contributed by atoms with van der Waals surface area (Å²) in [6.45, 7) is 1.05. The van der Waals surface area contributed by atoms with E-state index in [4.69, 9.17) is 9.47 Å². The van der Waals surface area contributed by atoms with Gasteiger partial charge >= 0.3 is 0 Å². The Balaban J connectivity index is 2.41. The number of nitrogens with zero attached hydrogens (tertiary/aromatic N) is 3. The van der Waals surface area contributed by atoms with Gasteiger partial charge in [-0.15, -0.1) is 10.2 Å². The van der Waals surface area contributed by atoms with Gasteiger partial charge in [0.05, 0.1) is 0 Å². The van der Waals surface area contributed by atoms with Crippen LogP contribution >= 0.6 is 0 Å². The molecule has 1 aliphatic rings. The average molecular weight is 139 g/mol. The zero-order chi connectivity index (χ0) is 6.81. The fourth-order valence-electron chi connectivity index (χ4n) is 0.721. The van der Waals surface area contributed by atoms with Gasteiger partial charge in [-0.05, 0) is 0 Å². The zero-order valence-electron chi connectivity index (χ0n) is 5.15. The van der Waals surface area contributed by atoms with E-state index < -0.39 is 0 Å². The molecule has 5 heteroatoms. The van der Waals surface area contributed by atoms with Crippen LogP contribution in [0.5, 0.6) is 11.8 Å². The lowest BCUT2D eigenvalue weighted by molar-refractivity contribution is 0.154. The summed E-state index contributed by atoms with van der Waals surface area (Å²) < 4.78 is 10.1. The topological polar surface area (TPSA) is 57.1 Å². The van der Waals surface area contributed by atoms with Crippen molar-refractivity contribution in [2.75, 3.05) is 13.2 Å². The normalized spacial score (nSPS) is 14.8. The maximum Gasteiger partial charge on any atom is 0.297 e. The Morgan fingerprint density at radius 1 is 1.20 bits per heavy atom. The molecule has 0 fully saturated rings. The summed E-state index contributed by atoms with van der Waals surface area (Å²) in [5.74, 6) is 0.815. The Kier molecular flexibility index (Phi) is 1.13. The summed E-state index contributed by atoms with van der Waals surface area (Å²) in [6, 6.07) is 0. The van der Waals surface area contributed by atoms with Crippen molar-refractivity contribution in [1.29, 1.82) is 0 Å². The molecule has 1 aliphatic heterocycles. The van der Waals surface area contributed by atoms with E-state index >= 15 is 0 Å². The van der Waals surface area contributed by atoms with Crippen molar-refractivity contribution < 1.29 is 9.47 Å². The molecule has 2 heterocycles. The smallest absolute Gasteiger partial charge is 0.297 e. The zero-order valence-corrected chi connectivity index (χ0v) is 5.15. The fraction of sp³-hybridized carbons (Fsp3) is 0.400. The van der Waals surface area contributed by atoms with E-state index in [1.54, 1.807) is 0 Å². The molecule has 1 aromatic heterocycles. The molecular weight excluding hydrogens is 134 g/mol. The molecule has 0 saturated carbocycles. The molecule has 1 aromatic rings. The van der Waals surface area contributed by atoms with Crippen molar-refractivity contribution in [1.82, 2.24) is 15.2 Å². The summed E-state index contributed by atoms with van der Waals surface area (Å²) in [5.41, 5.74) is 0. The molecule has 0 atom stereocenters. The third-order valence-electron chi connectivity index (χ3n) is 1.12. The molecule has 0 aromatic carbocycles. The minimum absolute atomic E-state index is 0.383. The van der Waals surface area contributed by atoms with Crippen LogP contribution in [-0.4, -0.2) is 28.4 Å². The number of aromatic nitrogens is 3. The highest BCUT2D eigenvalue weighted by Gasteiger charge is 2.12. The summed E-state index contributed by atoms with van der Waals surface area (Å²) >= 11 is 0. The first-order valence-corrected chi connectivity index (χ1v) is 2.90. The summed E-state index contributed by atoms with van der Waals surface area (Å²) in [4.78, 5) is 3.80. The van der Waals surface area contributed by atoms with E-state index in [2.05, 4.69) is 15.2 Å². The number of hydrogen-bond acceptors (Lipinski definition) is 5. The molecule has 0 N–H and O–H groups in total. The van der Waals surface area contributed by atoms with Crippen LogP contribution in [-0.2, 0) is 0 Å². The standard InChI is InChI=1S/C5H5N3O2/c1-2-10-5-4(9-1)6-3-7-8-5/h3H,1-2H2. The van der Waals surface area contributed by atoms with Gasteiger partial charge in [-0.1, -0.05) is 0 Å². The molecule has 2 rings (SSSR count). The molecule has 0 saturated heterocycles. The molecule has 0 spiro atoms. The molecule has 0 amide bonds. The molecule has 52 valence electrons. The van der Waals surface area contributed by atoms with E-state index in [9.17, 15) is 0 Å². The maximum atomic E-state index is 5.08. The molecule has 0 unspecified atom stereocenters. The Labute approximate surface area is 57.0 Å². The largest absolute Gasteiger partial charge is 0.470 e. The second kappa shape index (κ2) is 2.09. The Hall–Kier alpha value is -1.39. The van der Waals surface area contributed by atoms with Crippen LogP contribution in [0.2, 0.25) is 0 Å². The van der Waals surface area contributed by atoms with Crippen molar-refractivity contribution in [3.05, 3.63) is 6.33 Å². The number of hydrogen-bond donors (Lipinski definition) is 0. The number of rotatable bonds is 0. The average Bonchev–Trinajstić information content (AvgIpc) is 2.05. The molecular formula is C5H5N3O2. The van der Waals surface area contributed by atoms with Crippen molar-refractivity contribution in [3.63, 3.8) is 0 Å². The lowest BCUT2D eigenvalue weighted by Gasteiger charge is -2.13. The predicted octanol–water partition coefficient (Wildman–Crippen LogP) is -0.357. The molecule has 5 nitrogen and oxygen atoms in total. The molecule has 10 heavy (non-hydrogen) atoms. The molecule has 0 aliphatic carbocycles. The Bertz CT molecular complexity index is 215. The van der Waals surface area contributed by atoms with E-state index in [-0.39, 0.29) is 0 Å². The highest BCUT2D eigenvalue weighted by Crippen LogP contribution is 2.21. The minimum Gasteiger partial charge on any atom is -0.470 e. The highest BCUT2D eigenvalue weighted by atomic mass is 16.6. The van der Waals surface area contributed by atoms with E-state index in [1.807, 2.05) is 0 Å². The van der Waals surface area contributed by atoms with Crippen molar-refractivity contribution in [3.8, 4) is 11.8 Å². The van der Waals surface area contributed by atoms with Gasteiger partial charge in [0.1, 0.15) is 19.5 Å². The van der Waals surface area contributed by atoms with Gasteiger partial charge in [0.2, 0.25) is 0 Å². The lowest BCUT2D eigenvalue weighted by Crippen LogP contribution is -2.17. The second-order valence-corrected chi connectivity index (χ2v) is 1.77. The van der Waals surface area contributed by atoms with Gasteiger partial charge in [0.15, 0.2) is 0 Å². The summed E-state index contributed by atoms with van der Waals surface area (Å²) in [6.07, 6.45) is 1.33. The van der Waals surface area contributed by atoms with Gasteiger partial charge in [-0.3, -0.25) is 0 Å². The van der Waals surface area contributed by atoms with Crippen LogP contribution in [0.4, 0.5) is 0 Å². The third-order valence-corrected chi connectivity index (χ3v) is 1.12. The van der Waals surface area contributed by atoms with Gasteiger partial charge in [0.25, 0.3) is 11.8 Å². The number of ether oxygens (including phenoxy) is 2. The highest BCUT2D eigenvalue weighted by molar-refractivity contribution is 5.23. The Morgan fingerprint density at radius 2 is 2.00 bits per heavy atom. The maximum absolute atomic E-state index is 5.08. The van der Waals surface area contributed by atoms with Gasteiger partial charge in [0, 0.05) is 0 Å². The van der Waals surface area contributed by atoms with E-state index in [1.165, 1.54) is 6.33 Å². The van der Waals surface area contributed by atoms with Crippen molar-refractivity contribution in [2.45, 2.75) is 0 Å².